The summed E-state index contributed by atoms with van der Waals surface area (Å²) >= 11 is 5.57. The Morgan fingerprint density at radius 1 is 1.50 bits per heavy atom. The molecule has 0 atom stereocenters. The summed E-state index contributed by atoms with van der Waals surface area (Å²) in [5.41, 5.74) is 2.30. The molecule has 2 N–H and O–H groups in total. The molecule has 0 spiro atoms. The summed E-state index contributed by atoms with van der Waals surface area (Å²) in [5, 5.41) is 0.195. The molecule has 0 fully saturated rings. The smallest absolute Gasteiger partial charge is 0.298 e. The lowest BCUT2D eigenvalue weighted by Crippen LogP contribution is -2.13. The van der Waals surface area contributed by atoms with E-state index in [1.807, 2.05) is 0 Å². The summed E-state index contributed by atoms with van der Waals surface area (Å²) in [4.78, 5) is 4.40. The molecule has 0 saturated carbocycles. The van der Waals surface area contributed by atoms with Gasteiger partial charge in [0.05, 0.1) is 0 Å². The van der Waals surface area contributed by atoms with Crippen LogP contribution >= 0.6 is 11.6 Å². The Morgan fingerprint density at radius 3 is 2.64 bits per heavy atom. The number of benzene rings is 1. The number of nitrogens with one attached hydrogen (secondary N) is 1. The van der Waals surface area contributed by atoms with E-state index in [2.05, 4.69) is 5.48 Å². The lowest BCUT2D eigenvalue weighted by atomic mass is 10.3. The van der Waals surface area contributed by atoms with Crippen LogP contribution in [0.15, 0.2) is 23.1 Å². The van der Waals surface area contributed by atoms with Gasteiger partial charge >= 0.3 is 0 Å². The average Bonchev–Trinajstić information content (AvgIpc) is 2.07. The number of rotatable bonds is 3. The van der Waals surface area contributed by atoms with Crippen LogP contribution in [0.3, 0.4) is 0 Å². The van der Waals surface area contributed by atoms with Crippen LogP contribution in [0.4, 0.5) is 0 Å². The highest BCUT2D eigenvalue weighted by Crippen LogP contribution is 2.26. The van der Waals surface area contributed by atoms with Crippen molar-refractivity contribution >= 4 is 21.7 Å². The van der Waals surface area contributed by atoms with E-state index in [-0.39, 0.29) is 15.7 Å². The summed E-state index contributed by atoms with van der Waals surface area (Å²) in [7, 11) is -2.87. The molecule has 0 aliphatic rings. The fraction of sp³-hybridized carbons (Fsp3) is 0.143. The zero-order valence-electron chi connectivity index (χ0n) is 7.19. The van der Waals surface area contributed by atoms with Gasteiger partial charge in [-0.2, -0.15) is 13.9 Å². The number of hydroxylamine groups is 1. The number of halogens is 1. The van der Waals surface area contributed by atoms with Gasteiger partial charge in [-0.15, -0.1) is 0 Å². The normalized spacial score (nSPS) is 11.4. The summed E-state index contributed by atoms with van der Waals surface area (Å²) < 4.78 is 30.6. The fourth-order valence-corrected chi connectivity index (χ4v) is 1.75. The van der Waals surface area contributed by atoms with Gasteiger partial charge in [-0.3, -0.25) is 4.55 Å². The van der Waals surface area contributed by atoms with Crippen molar-refractivity contribution in [1.29, 1.82) is 0 Å². The van der Waals surface area contributed by atoms with Gasteiger partial charge in [-0.25, -0.2) is 0 Å². The number of hydrogen-bond donors (Lipinski definition) is 2. The number of hydrogen-bond acceptors (Lipinski definition) is 4. The molecule has 0 unspecified atom stereocenters. The maximum Gasteiger partial charge on any atom is 0.298 e. The van der Waals surface area contributed by atoms with E-state index in [0.29, 0.717) is 0 Å². The third kappa shape index (κ3) is 2.58. The molecule has 5 nitrogen and oxygen atoms in total. The second-order valence-corrected chi connectivity index (χ2v) is 4.20. The predicted molar refractivity (Wildman–Crippen MR) is 51.0 cm³/mol. The molecular formula is C7H8ClNO4S. The largest absolute Gasteiger partial charge is 0.408 e. The highest BCUT2D eigenvalue weighted by molar-refractivity contribution is 7.86. The maximum absolute atomic E-state index is 10.9. The van der Waals surface area contributed by atoms with Gasteiger partial charge in [0, 0.05) is 12.1 Å². The van der Waals surface area contributed by atoms with Crippen molar-refractivity contribution in [2.24, 2.45) is 0 Å². The molecule has 0 aromatic heterocycles. The predicted octanol–water partition coefficient (Wildman–Crippen LogP) is 1.10. The molecule has 0 aliphatic heterocycles. The molecule has 7 heteroatoms. The van der Waals surface area contributed by atoms with Crippen molar-refractivity contribution in [3.8, 4) is 5.75 Å². The van der Waals surface area contributed by atoms with E-state index < -0.39 is 10.1 Å². The summed E-state index contributed by atoms with van der Waals surface area (Å²) in [6.45, 7) is 0. The highest BCUT2D eigenvalue weighted by Gasteiger charge is 2.17. The van der Waals surface area contributed by atoms with Crippen LogP contribution < -0.4 is 10.3 Å². The van der Waals surface area contributed by atoms with Crippen molar-refractivity contribution in [3.63, 3.8) is 0 Å². The first kappa shape index (κ1) is 11.3. The first-order valence-corrected chi connectivity index (χ1v) is 5.37. The van der Waals surface area contributed by atoms with Gasteiger partial charge in [0.1, 0.15) is 4.90 Å². The standard InChI is InChI=1S/C7H8ClNO4S/c1-9-13-6-3-2-5(8)4-7(6)14(10,11)12/h2-4,9H,1H3,(H,10,11,12). The first-order chi connectivity index (χ1) is 6.45. The Balaban J connectivity index is 3.30. The topological polar surface area (TPSA) is 75.6 Å². The lowest BCUT2D eigenvalue weighted by Gasteiger charge is -2.07. The molecule has 1 rings (SSSR count). The van der Waals surface area contributed by atoms with Gasteiger partial charge in [0.15, 0.2) is 5.75 Å². The molecule has 0 saturated heterocycles. The van der Waals surface area contributed by atoms with Gasteiger partial charge < -0.3 is 4.84 Å². The van der Waals surface area contributed by atoms with Crippen LogP contribution in [0, 0.1) is 0 Å². The highest BCUT2D eigenvalue weighted by atomic mass is 35.5. The molecule has 14 heavy (non-hydrogen) atoms. The Kier molecular flexibility index (Phi) is 3.33. The second-order valence-electron chi connectivity index (χ2n) is 2.37. The molecule has 0 heterocycles. The average molecular weight is 238 g/mol. The van der Waals surface area contributed by atoms with Crippen molar-refractivity contribution in [3.05, 3.63) is 23.2 Å². The van der Waals surface area contributed by atoms with E-state index in [1.165, 1.54) is 19.2 Å². The third-order valence-corrected chi connectivity index (χ3v) is 2.51. The summed E-state index contributed by atoms with van der Waals surface area (Å²) in [5.74, 6) is -0.0144. The van der Waals surface area contributed by atoms with Gasteiger partial charge in [0.2, 0.25) is 0 Å². The Morgan fingerprint density at radius 2 is 2.14 bits per heavy atom. The van der Waals surface area contributed by atoms with Crippen molar-refractivity contribution in [1.82, 2.24) is 5.48 Å². The van der Waals surface area contributed by atoms with Crippen LogP contribution in [0.5, 0.6) is 5.75 Å². The van der Waals surface area contributed by atoms with Crippen LogP contribution in [0.2, 0.25) is 5.02 Å². The lowest BCUT2D eigenvalue weighted by molar-refractivity contribution is 0.217. The van der Waals surface area contributed by atoms with Gasteiger partial charge in [0.25, 0.3) is 10.1 Å². The Bertz CT molecular complexity index is 431. The Hall–Kier alpha value is -0.820. The molecule has 78 valence electrons. The maximum atomic E-state index is 10.9. The first-order valence-electron chi connectivity index (χ1n) is 3.56. The van der Waals surface area contributed by atoms with Crippen LogP contribution in [-0.2, 0) is 10.1 Å². The van der Waals surface area contributed by atoms with Crippen LogP contribution in [-0.4, -0.2) is 20.0 Å². The monoisotopic (exact) mass is 237 g/mol. The van der Waals surface area contributed by atoms with E-state index in [0.717, 1.165) is 6.07 Å². The second kappa shape index (κ2) is 4.14. The zero-order chi connectivity index (χ0) is 10.8. The molecule has 0 aliphatic carbocycles. The van der Waals surface area contributed by atoms with E-state index in [4.69, 9.17) is 21.0 Å². The SMILES string of the molecule is CNOc1ccc(Cl)cc1S(=O)(=O)O. The molecule has 0 bridgehead atoms. The minimum atomic E-state index is -4.33. The van der Waals surface area contributed by atoms with E-state index >= 15 is 0 Å². The third-order valence-electron chi connectivity index (χ3n) is 1.40. The van der Waals surface area contributed by atoms with Crippen molar-refractivity contribution in [2.75, 3.05) is 7.05 Å². The van der Waals surface area contributed by atoms with E-state index in [1.54, 1.807) is 0 Å². The molecule has 0 radical (unpaired) electrons. The fourth-order valence-electron chi connectivity index (χ4n) is 0.878. The molecule has 0 amide bonds. The van der Waals surface area contributed by atoms with Crippen molar-refractivity contribution in [2.45, 2.75) is 4.90 Å². The zero-order valence-corrected chi connectivity index (χ0v) is 8.76. The summed E-state index contributed by atoms with van der Waals surface area (Å²) in [6.07, 6.45) is 0. The minimum Gasteiger partial charge on any atom is -0.408 e. The van der Waals surface area contributed by atoms with E-state index in [9.17, 15) is 8.42 Å². The molecule has 1 aromatic carbocycles. The van der Waals surface area contributed by atoms with Gasteiger partial charge in [-0.1, -0.05) is 11.6 Å². The van der Waals surface area contributed by atoms with Crippen LogP contribution in [0.25, 0.3) is 0 Å². The van der Waals surface area contributed by atoms with Crippen LogP contribution in [0.1, 0.15) is 0 Å². The Labute approximate surface area is 86.3 Å². The molecule has 1 aromatic rings. The quantitative estimate of drug-likeness (QED) is 0.608. The summed E-state index contributed by atoms with van der Waals surface area (Å²) in [6, 6.07) is 3.88. The molecular weight excluding hydrogens is 230 g/mol. The minimum absolute atomic E-state index is 0.0144. The van der Waals surface area contributed by atoms with Crippen molar-refractivity contribution < 1.29 is 17.8 Å². The van der Waals surface area contributed by atoms with Gasteiger partial charge in [-0.05, 0) is 18.2 Å².